The van der Waals surface area contributed by atoms with Crippen LogP contribution in [0.25, 0.3) is 0 Å². The lowest BCUT2D eigenvalue weighted by Crippen LogP contribution is -2.32. The molecule has 5 nitrogen and oxygen atoms in total. The molecule has 0 unspecified atom stereocenters. The standard InChI is InChI=1S/C20H23NO4/c1-3-25-19(22)13-14-21(20(23)17-7-5-4-6-8-17)15-16-9-11-18(24-2)12-10-16/h4-12H,3,13-15H2,1-2H3. The molecule has 1 amide bonds. The molecule has 0 fully saturated rings. The first kappa shape index (κ1) is 18.5. The minimum Gasteiger partial charge on any atom is -0.497 e. The Morgan fingerprint density at radius 2 is 1.68 bits per heavy atom. The SMILES string of the molecule is CCOC(=O)CCN(Cc1ccc(OC)cc1)C(=O)c1ccccc1. The lowest BCUT2D eigenvalue weighted by molar-refractivity contribution is -0.143. The molecule has 0 spiro atoms. The fraction of sp³-hybridized carbons (Fsp3) is 0.300. The second-order valence-corrected chi connectivity index (χ2v) is 5.50. The normalized spacial score (nSPS) is 10.2. The molecule has 0 atom stereocenters. The van der Waals surface area contributed by atoms with Gasteiger partial charge < -0.3 is 14.4 Å². The second kappa shape index (κ2) is 9.47. The Balaban J connectivity index is 2.12. The third-order valence-electron chi connectivity index (χ3n) is 3.73. The summed E-state index contributed by atoms with van der Waals surface area (Å²) in [6, 6.07) is 16.6. The Bertz CT molecular complexity index is 683. The van der Waals surface area contributed by atoms with E-state index < -0.39 is 0 Å². The van der Waals surface area contributed by atoms with Gasteiger partial charge in [0.15, 0.2) is 0 Å². The van der Waals surface area contributed by atoms with Gasteiger partial charge in [-0.25, -0.2) is 0 Å². The molecule has 0 bridgehead atoms. The predicted octanol–water partition coefficient (Wildman–Crippen LogP) is 3.29. The third kappa shape index (κ3) is 5.64. The summed E-state index contributed by atoms with van der Waals surface area (Å²) in [4.78, 5) is 26.1. The van der Waals surface area contributed by atoms with Crippen molar-refractivity contribution in [3.63, 3.8) is 0 Å². The van der Waals surface area contributed by atoms with Crippen molar-refractivity contribution in [3.8, 4) is 5.75 Å². The molecule has 132 valence electrons. The number of amides is 1. The van der Waals surface area contributed by atoms with Crippen molar-refractivity contribution in [2.45, 2.75) is 19.9 Å². The van der Waals surface area contributed by atoms with Crippen LogP contribution in [0.5, 0.6) is 5.75 Å². The van der Waals surface area contributed by atoms with E-state index in [9.17, 15) is 9.59 Å². The fourth-order valence-corrected chi connectivity index (χ4v) is 2.43. The van der Waals surface area contributed by atoms with Gasteiger partial charge in [0.25, 0.3) is 5.91 Å². The zero-order valence-electron chi connectivity index (χ0n) is 14.6. The van der Waals surface area contributed by atoms with E-state index >= 15 is 0 Å². The molecule has 0 saturated carbocycles. The van der Waals surface area contributed by atoms with Crippen molar-refractivity contribution in [2.24, 2.45) is 0 Å². The van der Waals surface area contributed by atoms with Crippen LogP contribution in [0.4, 0.5) is 0 Å². The second-order valence-electron chi connectivity index (χ2n) is 5.50. The van der Waals surface area contributed by atoms with Gasteiger partial charge >= 0.3 is 5.97 Å². The first-order chi connectivity index (χ1) is 12.1. The number of ether oxygens (including phenoxy) is 2. The summed E-state index contributed by atoms with van der Waals surface area (Å²) in [7, 11) is 1.61. The average molecular weight is 341 g/mol. The molecule has 0 radical (unpaired) electrons. The van der Waals surface area contributed by atoms with Gasteiger partial charge in [0.2, 0.25) is 0 Å². The van der Waals surface area contributed by atoms with Crippen LogP contribution in [0.2, 0.25) is 0 Å². The minimum atomic E-state index is -0.303. The number of nitrogens with zero attached hydrogens (tertiary/aromatic N) is 1. The summed E-state index contributed by atoms with van der Waals surface area (Å²) >= 11 is 0. The number of carbonyl (C=O) groups is 2. The summed E-state index contributed by atoms with van der Waals surface area (Å²) in [5, 5.41) is 0. The van der Waals surface area contributed by atoms with Crippen LogP contribution in [0, 0.1) is 0 Å². The van der Waals surface area contributed by atoms with Crippen molar-refractivity contribution in [2.75, 3.05) is 20.3 Å². The van der Waals surface area contributed by atoms with E-state index in [-0.39, 0.29) is 18.3 Å². The lowest BCUT2D eigenvalue weighted by Gasteiger charge is -2.23. The zero-order chi connectivity index (χ0) is 18.1. The van der Waals surface area contributed by atoms with Gasteiger partial charge in [0.05, 0.1) is 20.1 Å². The Hall–Kier alpha value is -2.82. The number of rotatable bonds is 8. The number of benzene rings is 2. The molecule has 0 aliphatic rings. The molecule has 2 aromatic rings. The van der Waals surface area contributed by atoms with Gasteiger partial charge in [0, 0.05) is 18.7 Å². The van der Waals surface area contributed by atoms with E-state index in [4.69, 9.17) is 9.47 Å². The lowest BCUT2D eigenvalue weighted by atomic mass is 10.1. The monoisotopic (exact) mass is 341 g/mol. The Labute approximate surface area is 148 Å². The molecule has 2 rings (SSSR count). The molecular formula is C20H23NO4. The predicted molar refractivity (Wildman–Crippen MR) is 95.4 cm³/mol. The first-order valence-electron chi connectivity index (χ1n) is 8.27. The smallest absolute Gasteiger partial charge is 0.307 e. The Morgan fingerprint density at radius 3 is 2.28 bits per heavy atom. The molecule has 0 aliphatic carbocycles. The van der Waals surface area contributed by atoms with E-state index in [2.05, 4.69) is 0 Å². The zero-order valence-corrected chi connectivity index (χ0v) is 14.6. The highest BCUT2D eigenvalue weighted by Gasteiger charge is 2.17. The van der Waals surface area contributed by atoms with Crippen LogP contribution in [0.15, 0.2) is 54.6 Å². The van der Waals surface area contributed by atoms with Gasteiger partial charge in [-0.15, -0.1) is 0 Å². The highest BCUT2D eigenvalue weighted by Crippen LogP contribution is 2.15. The molecule has 0 aromatic heterocycles. The summed E-state index contributed by atoms with van der Waals surface area (Å²) in [6.45, 7) is 2.82. The number of esters is 1. The van der Waals surface area contributed by atoms with E-state index in [1.54, 1.807) is 31.1 Å². The average Bonchev–Trinajstić information content (AvgIpc) is 2.66. The molecule has 0 heterocycles. The van der Waals surface area contributed by atoms with Crippen LogP contribution in [-0.2, 0) is 16.1 Å². The Morgan fingerprint density at radius 1 is 1.00 bits per heavy atom. The molecule has 0 saturated heterocycles. The van der Waals surface area contributed by atoms with Crippen LogP contribution in [0.3, 0.4) is 0 Å². The van der Waals surface area contributed by atoms with Crippen molar-refractivity contribution in [3.05, 3.63) is 65.7 Å². The third-order valence-corrected chi connectivity index (χ3v) is 3.73. The topological polar surface area (TPSA) is 55.8 Å². The molecule has 25 heavy (non-hydrogen) atoms. The number of hydrogen-bond donors (Lipinski definition) is 0. The van der Waals surface area contributed by atoms with Crippen molar-refractivity contribution >= 4 is 11.9 Å². The van der Waals surface area contributed by atoms with Gasteiger partial charge in [0.1, 0.15) is 5.75 Å². The van der Waals surface area contributed by atoms with E-state index in [0.717, 1.165) is 11.3 Å². The summed E-state index contributed by atoms with van der Waals surface area (Å²) in [5.41, 5.74) is 1.56. The van der Waals surface area contributed by atoms with Gasteiger partial charge in [-0.1, -0.05) is 30.3 Å². The van der Waals surface area contributed by atoms with Gasteiger partial charge in [-0.2, -0.15) is 0 Å². The van der Waals surface area contributed by atoms with Crippen molar-refractivity contribution in [1.29, 1.82) is 0 Å². The quantitative estimate of drug-likeness (QED) is 0.692. The highest BCUT2D eigenvalue weighted by molar-refractivity contribution is 5.94. The number of carbonyl (C=O) groups excluding carboxylic acids is 2. The van der Waals surface area contributed by atoms with Crippen molar-refractivity contribution < 1.29 is 19.1 Å². The van der Waals surface area contributed by atoms with E-state index in [1.807, 2.05) is 42.5 Å². The van der Waals surface area contributed by atoms with Crippen LogP contribution >= 0.6 is 0 Å². The molecule has 0 aliphatic heterocycles. The summed E-state index contributed by atoms with van der Waals surface area (Å²) in [5.74, 6) is 0.347. The van der Waals surface area contributed by atoms with E-state index in [1.165, 1.54) is 0 Å². The highest BCUT2D eigenvalue weighted by atomic mass is 16.5. The maximum Gasteiger partial charge on any atom is 0.307 e. The maximum atomic E-state index is 12.8. The maximum absolute atomic E-state index is 12.8. The largest absolute Gasteiger partial charge is 0.497 e. The van der Waals surface area contributed by atoms with Crippen molar-refractivity contribution in [1.82, 2.24) is 4.90 Å². The summed E-state index contributed by atoms with van der Waals surface area (Å²) in [6.07, 6.45) is 0.169. The fourth-order valence-electron chi connectivity index (χ4n) is 2.43. The van der Waals surface area contributed by atoms with Crippen LogP contribution < -0.4 is 4.74 Å². The van der Waals surface area contributed by atoms with Gasteiger partial charge in [-0.3, -0.25) is 9.59 Å². The number of methoxy groups -OCH3 is 1. The minimum absolute atomic E-state index is 0.110. The molecule has 2 aromatic carbocycles. The molecule has 0 N–H and O–H groups in total. The molecule has 5 heteroatoms. The summed E-state index contributed by atoms with van der Waals surface area (Å²) < 4.78 is 10.1. The first-order valence-corrected chi connectivity index (χ1v) is 8.27. The molecular weight excluding hydrogens is 318 g/mol. The van der Waals surface area contributed by atoms with Gasteiger partial charge in [-0.05, 0) is 36.8 Å². The number of hydrogen-bond acceptors (Lipinski definition) is 4. The van der Waals surface area contributed by atoms with E-state index in [0.29, 0.717) is 25.3 Å². The Kier molecular flexibility index (Phi) is 7.01. The van der Waals surface area contributed by atoms with Crippen LogP contribution in [-0.4, -0.2) is 37.0 Å². The van der Waals surface area contributed by atoms with Crippen LogP contribution in [0.1, 0.15) is 29.3 Å².